The number of rotatable bonds is 23. The fourth-order valence-corrected chi connectivity index (χ4v) is 7.33. The third-order valence-electron chi connectivity index (χ3n) is 10.3. The normalized spacial score (nSPS) is 19.8. The molecule has 0 radical (unpaired) electrons. The van der Waals surface area contributed by atoms with Crippen molar-refractivity contribution < 1.29 is 33.6 Å². The summed E-state index contributed by atoms with van der Waals surface area (Å²) in [5.41, 5.74) is 16.5. The number of hydrogen-bond donors (Lipinski definition) is 3. The van der Waals surface area contributed by atoms with Crippen molar-refractivity contribution >= 4 is 46.7 Å². The van der Waals surface area contributed by atoms with Crippen LogP contribution >= 0.6 is 0 Å². The Morgan fingerprint density at radius 2 is 1.32 bits per heavy atom. The summed E-state index contributed by atoms with van der Waals surface area (Å²) in [5.74, 6) is -5.03. The quantitative estimate of drug-likeness (QED) is 0.0804. The Morgan fingerprint density at radius 3 is 1.90 bits per heavy atom. The number of nitrogens with zero attached hydrogens (tertiary/aromatic N) is 3. The monoisotopic (exact) mass is 702 g/mol. The van der Waals surface area contributed by atoms with E-state index in [2.05, 4.69) is 9.89 Å². The summed E-state index contributed by atoms with van der Waals surface area (Å²) in [6, 6.07) is -0.721. The van der Waals surface area contributed by atoms with Crippen LogP contribution in [0.4, 0.5) is 0 Å². The average Bonchev–Trinajstić information content (AvgIpc) is 3.73. The van der Waals surface area contributed by atoms with Gasteiger partial charge in [0.1, 0.15) is 17.3 Å². The zero-order valence-corrected chi connectivity index (χ0v) is 31.2. The number of carbonyl (C=O) groups excluding carboxylic acids is 7. The van der Waals surface area contributed by atoms with Gasteiger partial charge >= 0.3 is 0 Å². The number of carbonyl (C=O) groups is 7. The first-order valence-electron chi connectivity index (χ1n) is 18.5. The molecule has 2 aliphatic rings. The van der Waals surface area contributed by atoms with Crippen molar-refractivity contribution in [3.05, 3.63) is 0 Å². The summed E-state index contributed by atoms with van der Waals surface area (Å²) < 4.78 is 0. The third kappa shape index (κ3) is 13.0. The highest BCUT2D eigenvalue weighted by Gasteiger charge is 2.40. The molecule has 0 aliphatic carbocycles. The van der Waals surface area contributed by atoms with Crippen LogP contribution in [0.3, 0.4) is 0 Å². The van der Waals surface area contributed by atoms with E-state index in [1.165, 1.54) is 4.90 Å². The topological polar surface area (TPSA) is 216 Å². The van der Waals surface area contributed by atoms with Crippen LogP contribution in [-0.4, -0.2) is 94.2 Å². The molecule has 282 valence electrons. The maximum Gasteiger partial charge on any atom is 0.226 e. The van der Waals surface area contributed by atoms with Crippen LogP contribution in [0, 0.1) is 29.6 Å². The van der Waals surface area contributed by atoms with Crippen molar-refractivity contribution in [2.45, 2.75) is 137 Å². The molecule has 6 N–H and O–H groups in total. The van der Waals surface area contributed by atoms with Crippen molar-refractivity contribution in [1.29, 1.82) is 0 Å². The van der Waals surface area contributed by atoms with E-state index in [4.69, 9.17) is 17.2 Å². The smallest absolute Gasteiger partial charge is 0.226 e. The molecular formula is C37H62N6O7. The highest BCUT2D eigenvalue weighted by Crippen LogP contribution is 2.30. The summed E-state index contributed by atoms with van der Waals surface area (Å²) in [4.78, 5) is 100. The Kier molecular flexibility index (Phi) is 17.4. The Labute approximate surface area is 297 Å². The molecule has 2 rings (SSSR count). The molecule has 13 nitrogen and oxygen atoms in total. The van der Waals surface area contributed by atoms with Gasteiger partial charge in [-0.15, -0.1) is 0 Å². The van der Waals surface area contributed by atoms with Crippen molar-refractivity contribution in [2.24, 2.45) is 51.8 Å². The van der Waals surface area contributed by atoms with E-state index in [0.29, 0.717) is 25.8 Å². The highest BCUT2D eigenvalue weighted by atomic mass is 16.2. The molecule has 2 amide bonds. The molecule has 0 aromatic rings. The zero-order valence-electron chi connectivity index (χ0n) is 31.2. The van der Waals surface area contributed by atoms with Gasteiger partial charge in [-0.2, -0.15) is 0 Å². The van der Waals surface area contributed by atoms with Gasteiger partial charge in [0.05, 0.1) is 12.1 Å². The maximum absolute atomic E-state index is 14.0. The molecule has 0 aromatic heterocycles. The Balaban J connectivity index is 2.25. The second kappa shape index (κ2) is 20.4. The highest BCUT2D eigenvalue weighted by molar-refractivity contribution is 5.97. The van der Waals surface area contributed by atoms with Crippen LogP contribution in [0.15, 0.2) is 4.99 Å². The van der Waals surface area contributed by atoms with Gasteiger partial charge in [-0.3, -0.25) is 43.5 Å². The van der Waals surface area contributed by atoms with E-state index >= 15 is 0 Å². The van der Waals surface area contributed by atoms with Gasteiger partial charge in [0.15, 0.2) is 17.5 Å². The molecule has 0 saturated carbocycles. The first-order chi connectivity index (χ1) is 23.4. The van der Waals surface area contributed by atoms with Crippen LogP contribution in [0.1, 0.15) is 119 Å². The standard InChI is InChI=1S/C37H62N6O7/c1-22(2)27(21-34(48)29-12-8-16-42(29)24(5)6)33(47)19-26(20-35(38)49)32(46)18-25(10-7-15-41-37(39)40)36(50)43-17-9-11-28(43)31(45)14-13-30(44)23(3)4/h22-29H,7-21H2,1-6H3,(H2,38,49)(H4,39,40,41)/t25-,26+,27+,28+,29+/m0/s1. The van der Waals surface area contributed by atoms with E-state index in [1.807, 2.05) is 27.7 Å². The van der Waals surface area contributed by atoms with Crippen molar-refractivity contribution in [3.63, 3.8) is 0 Å². The lowest BCUT2D eigenvalue weighted by molar-refractivity contribution is -0.143. The summed E-state index contributed by atoms with van der Waals surface area (Å²) in [7, 11) is 0. The Hall–Kier alpha value is -3.48. The molecule has 2 aliphatic heterocycles. The van der Waals surface area contributed by atoms with E-state index in [1.54, 1.807) is 13.8 Å². The number of ketones is 5. The minimum absolute atomic E-state index is 0.00995. The van der Waals surface area contributed by atoms with Gasteiger partial charge < -0.3 is 22.1 Å². The van der Waals surface area contributed by atoms with Crippen LogP contribution < -0.4 is 17.2 Å². The number of guanidine groups is 1. The summed E-state index contributed by atoms with van der Waals surface area (Å²) in [5, 5.41) is 0. The number of amides is 2. The molecule has 0 unspecified atom stereocenters. The number of Topliss-reactive ketones (excluding diaryl/α,β-unsaturated/α-hetero) is 5. The van der Waals surface area contributed by atoms with Crippen LogP contribution in [0.5, 0.6) is 0 Å². The van der Waals surface area contributed by atoms with Crippen molar-refractivity contribution in [1.82, 2.24) is 9.80 Å². The Morgan fingerprint density at radius 1 is 0.700 bits per heavy atom. The maximum atomic E-state index is 14.0. The molecule has 2 heterocycles. The third-order valence-corrected chi connectivity index (χ3v) is 10.3. The molecule has 0 bridgehead atoms. The Bertz CT molecular complexity index is 1260. The average molecular weight is 703 g/mol. The molecule has 5 atom stereocenters. The van der Waals surface area contributed by atoms with Crippen LogP contribution in [0.25, 0.3) is 0 Å². The van der Waals surface area contributed by atoms with Crippen molar-refractivity contribution in [3.8, 4) is 0 Å². The lowest BCUT2D eigenvalue weighted by Gasteiger charge is -2.30. The summed E-state index contributed by atoms with van der Waals surface area (Å²) in [6.07, 6.45) is 2.68. The fraction of sp³-hybridized carbons (Fsp3) is 0.784. The van der Waals surface area contributed by atoms with Gasteiger partial charge in [-0.25, -0.2) is 0 Å². The lowest BCUT2D eigenvalue weighted by Crippen LogP contribution is -2.44. The largest absolute Gasteiger partial charge is 0.370 e. The minimum Gasteiger partial charge on any atom is -0.370 e. The van der Waals surface area contributed by atoms with Crippen LogP contribution in [0.2, 0.25) is 0 Å². The van der Waals surface area contributed by atoms with Gasteiger partial charge in [-0.1, -0.05) is 27.7 Å². The van der Waals surface area contributed by atoms with Gasteiger partial charge in [0, 0.05) is 81.3 Å². The first kappa shape index (κ1) is 42.7. The lowest BCUT2D eigenvalue weighted by atomic mass is 9.79. The SMILES string of the molecule is CC(C)C(=O)CCC(=O)[C@H]1CCCN1C(=O)[C@@H](CCCN=C(N)N)CC(=O)[C@@H](CC(N)=O)CC(=O)[C@H](CC(=O)[C@H]1CCCN1C(C)C)C(C)C. The minimum atomic E-state index is -1.05. The van der Waals surface area contributed by atoms with Crippen LogP contribution in [-0.2, 0) is 33.6 Å². The molecule has 0 spiro atoms. The molecule has 50 heavy (non-hydrogen) atoms. The molecule has 2 fully saturated rings. The summed E-state index contributed by atoms with van der Waals surface area (Å²) in [6.45, 7) is 12.8. The van der Waals surface area contributed by atoms with Gasteiger partial charge in [-0.05, 0) is 64.8 Å². The predicted molar refractivity (Wildman–Crippen MR) is 192 cm³/mol. The number of nitrogens with two attached hydrogens (primary N) is 3. The zero-order chi connectivity index (χ0) is 37.7. The second-order valence-corrected chi connectivity index (χ2v) is 15.1. The van der Waals surface area contributed by atoms with E-state index in [0.717, 1.165) is 19.4 Å². The molecule has 0 aromatic carbocycles. The van der Waals surface area contributed by atoms with Gasteiger partial charge in [0.2, 0.25) is 11.8 Å². The number of likely N-dealkylation sites (tertiary alicyclic amines) is 2. The van der Waals surface area contributed by atoms with E-state index in [9.17, 15) is 33.6 Å². The fourth-order valence-electron chi connectivity index (χ4n) is 7.33. The van der Waals surface area contributed by atoms with Gasteiger partial charge in [0.25, 0.3) is 0 Å². The number of aliphatic imine (C=N–C) groups is 1. The van der Waals surface area contributed by atoms with Crippen molar-refractivity contribution in [2.75, 3.05) is 19.6 Å². The van der Waals surface area contributed by atoms with E-state index in [-0.39, 0.29) is 110 Å². The second-order valence-electron chi connectivity index (χ2n) is 15.1. The molecular weight excluding hydrogens is 640 g/mol. The first-order valence-corrected chi connectivity index (χ1v) is 18.5. The summed E-state index contributed by atoms with van der Waals surface area (Å²) >= 11 is 0. The molecule has 2 saturated heterocycles. The predicted octanol–water partition coefficient (Wildman–Crippen LogP) is 2.74. The van der Waals surface area contributed by atoms with E-state index < -0.39 is 35.5 Å². The molecule has 13 heteroatoms. The number of primary amides is 1. The number of hydrogen-bond acceptors (Lipinski definition) is 9.